The molecule has 2 aromatic rings. The number of thiocarbonyl (C=S) groups is 1. The second-order valence-corrected chi connectivity index (χ2v) is 7.45. The molecule has 0 aliphatic rings. The van der Waals surface area contributed by atoms with Crippen molar-refractivity contribution in [1.29, 1.82) is 0 Å². The Labute approximate surface area is 179 Å². The van der Waals surface area contributed by atoms with Gasteiger partial charge >= 0.3 is 0 Å². The molecular weight excluding hydrogens is 477 g/mol. The van der Waals surface area contributed by atoms with E-state index in [2.05, 4.69) is 32.1 Å². The Bertz CT molecular complexity index is 875. The van der Waals surface area contributed by atoms with Crippen molar-refractivity contribution in [1.82, 2.24) is 16.2 Å². The lowest BCUT2D eigenvalue weighted by atomic mass is 10.2. The SMILES string of the molecule is Cc1cc(OCC(=O)NNC(=S)NC(=O)c2cc(Cl)cc(Cl)c2)ccc1Br. The molecule has 0 saturated carbocycles. The summed E-state index contributed by atoms with van der Waals surface area (Å²) in [5.74, 6) is -0.440. The van der Waals surface area contributed by atoms with Gasteiger partial charge in [0.25, 0.3) is 11.8 Å². The number of carbonyl (C=O) groups is 2. The summed E-state index contributed by atoms with van der Waals surface area (Å²) in [4.78, 5) is 23.9. The monoisotopic (exact) mass is 489 g/mol. The van der Waals surface area contributed by atoms with Gasteiger partial charge in [-0.1, -0.05) is 39.1 Å². The fourth-order valence-corrected chi connectivity index (χ4v) is 2.83. The van der Waals surface area contributed by atoms with Gasteiger partial charge in [-0.15, -0.1) is 0 Å². The zero-order valence-corrected chi connectivity index (χ0v) is 17.9. The Morgan fingerprint density at radius 3 is 2.41 bits per heavy atom. The average Bonchev–Trinajstić information content (AvgIpc) is 2.60. The van der Waals surface area contributed by atoms with Gasteiger partial charge in [0.1, 0.15) is 5.75 Å². The van der Waals surface area contributed by atoms with E-state index in [1.165, 1.54) is 18.2 Å². The third kappa shape index (κ3) is 6.99. The number of rotatable bonds is 4. The number of hydrogen-bond donors (Lipinski definition) is 3. The van der Waals surface area contributed by atoms with E-state index in [1.54, 1.807) is 12.1 Å². The van der Waals surface area contributed by atoms with Crippen molar-refractivity contribution in [2.45, 2.75) is 6.92 Å². The highest BCUT2D eigenvalue weighted by Crippen LogP contribution is 2.21. The average molecular weight is 491 g/mol. The molecule has 2 aromatic carbocycles. The van der Waals surface area contributed by atoms with Crippen LogP contribution < -0.4 is 20.9 Å². The molecule has 142 valence electrons. The second kappa shape index (κ2) is 9.89. The first-order chi connectivity index (χ1) is 12.7. The van der Waals surface area contributed by atoms with Crippen LogP contribution in [0.1, 0.15) is 15.9 Å². The number of benzene rings is 2. The summed E-state index contributed by atoms with van der Waals surface area (Å²) < 4.78 is 6.33. The lowest BCUT2D eigenvalue weighted by Crippen LogP contribution is -2.49. The summed E-state index contributed by atoms with van der Waals surface area (Å²) >= 11 is 20.0. The summed E-state index contributed by atoms with van der Waals surface area (Å²) in [6, 6.07) is 9.75. The number of nitrogens with one attached hydrogen (secondary N) is 3. The van der Waals surface area contributed by atoms with E-state index in [0.29, 0.717) is 15.8 Å². The van der Waals surface area contributed by atoms with Crippen LogP contribution in [-0.4, -0.2) is 23.5 Å². The molecule has 0 spiro atoms. The molecule has 2 rings (SSSR count). The maximum absolute atomic E-state index is 12.1. The number of halogens is 3. The topological polar surface area (TPSA) is 79.5 Å². The first kappa shape index (κ1) is 21.4. The smallest absolute Gasteiger partial charge is 0.276 e. The van der Waals surface area contributed by atoms with Gasteiger partial charge in [0.2, 0.25) is 0 Å². The van der Waals surface area contributed by atoms with Crippen LogP contribution >= 0.6 is 51.3 Å². The van der Waals surface area contributed by atoms with Gasteiger partial charge < -0.3 is 4.74 Å². The van der Waals surface area contributed by atoms with Crippen LogP contribution in [0.4, 0.5) is 0 Å². The molecular formula is C17H14BrCl2N3O3S. The van der Waals surface area contributed by atoms with Crippen molar-refractivity contribution >= 4 is 68.3 Å². The molecule has 0 aliphatic carbocycles. The maximum atomic E-state index is 12.1. The van der Waals surface area contributed by atoms with E-state index in [9.17, 15) is 9.59 Å². The van der Waals surface area contributed by atoms with Crippen LogP contribution in [0, 0.1) is 6.92 Å². The van der Waals surface area contributed by atoms with Crippen molar-refractivity contribution < 1.29 is 14.3 Å². The number of carbonyl (C=O) groups excluding carboxylic acids is 2. The van der Waals surface area contributed by atoms with Gasteiger partial charge in [-0.2, -0.15) is 0 Å². The number of amides is 2. The minimum atomic E-state index is -0.521. The zero-order valence-electron chi connectivity index (χ0n) is 13.9. The van der Waals surface area contributed by atoms with E-state index in [-0.39, 0.29) is 17.3 Å². The third-order valence-electron chi connectivity index (χ3n) is 3.17. The fourth-order valence-electron chi connectivity index (χ4n) is 1.91. The highest BCUT2D eigenvalue weighted by Gasteiger charge is 2.11. The van der Waals surface area contributed by atoms with Gasteiger partial charge in [0, 0.05) is 20.1 Å². The van der Waals surface area contributed by atoms with Gasteiger partial charge in [-0.3, -0.25) is 25.8 Å². The van der Waals surface area contributed by atoms with Crippen molar-refractivity contribution in [3.05, 3.63) is 62.0 Å². The minimum absolute atomic E-state index is 0.0936. The Balaban J connectivity index is 1.78. The fraction of sp³-hybridized carbons (Fsp3) is 0.118. The summed E-state index contributed by atoms with van der Waals surface area (Å²) in [6.45, 7) is 1.68. The summed E-state index contributed by atoms with van der Waals surface area (Å²) in [5, 5.41) is 2.94. The van der Waals surface area contributed by atoms with Gasteiger partial charge in [-0.05, 0) is 61.1 Å². The molecule has 0 atom stereocenters. The third-order valence-corrected chi connectivity index (χ3v) is 4.70. The maximum Gasteiger partial charge on any atom is 0.276 e. The van der Waals surface area contributed by atoms with E-state index >= 15 is 0 Å². The number of ether oxygens (including phenoxy) is 1. The Kier molecular flexibility index (Phi) is 7.85. The first-order valence-electron chi connectivity index (χ1n) is 7.50. The van der Waals surface area contributed by atoms with E-state index in [1.807, 2.05) is 13.0 Å². The predicted octanol–water partition coefficient (Wildman–Crippen LogP) is 3.78. The quantitative estimate of drug-likeness (QED) is 0.449. The highest BCUT2D eigenvalue weighted by molar-refractivity contribution is 9.10. The lowest BCUT2D eigenvalue weighted by Gasteiger charge is -2.12. The molecule has 2 amide bonds. The molecule has 3 N–H and O–H groups in total. The molecule has 10 heteroatoms. The van der Waals surface area contributed by atoms with Crippen LogP contribution in [0.15, 0.2) is 40.9 Å². The molecule has 0 aliphatic heterocycles. The Morgan fingerprint density at radius 2 is 1.78 bits per heavy atom. The van der Waals surface area contributed by atoms with Crippen molar-refractivity contribution in [2.24, 2.45) is 0 Å². The minimum Gasteiger partial charge on any atom is -0.484 e. The molecule has 0 fully saturated rings. The zero-order chi connectivity index (χ0) is 20.0. The Morgan fingerprint density at radius 1 is 1.11 bits per heavy atom. The molecule has 0 heterocycles. The summed E-state index contributed by atoms with van der Waals surface area (Å²) in [6.07, 6.45) is 0. The van der Waals surface area contributed by atoms with E-state index < -0.39 is 11.8 Å². The summed E-state index contributed by atoms with van der Waals surface area (Å²) in [7, 11) is 0. The van der Waals surface area contributed by atoms with Crippen LogP contribution in [0.5, 0.6) is 5.75 Å². The molecule has 27 heavy (non-hydrogen) atoms. The molecule has 0 radical (unpaired) electrons. The predicted molar refractivity (Wildman–Crippen MR) is 112 cm³/mol. The van der Waals surface area contributed by atoms with Crippen molar-refractivity contribution in [2.75, 3.05) is 6.61 Å². The van der Waals surface area contributed by atoms with Crippen LogP contribution in [0.2, 0.25) is 10.0 Å². The van der Waals surface area contributed by atoms with Crippen LogP contribution in [0.25, 0.3) is 0 Å². The Hall–Kier alpha value is -1.87. The molecule has 0 aromatic heterocycles. The van der Waals surface area contributed by atoms with Gasteiger partial charge in [-0.25, -0.2) is 0 Å². The molecule has 0 unspecified atom stereocenters. The molecule has 0 bridgehead atoms. The number of hydrogen-bond acceptors (Lipinski definition) is 4. The van der Waals surface area contributed by atoms with E-state index in [0.717, 1.165) is 10.0 Å². The summed E-state index contributed by atoms with van der Waals surface area (Å²) in [5.41, 5.74) is 5.96. The van der Waals surface area contributed by atoms with Crippen molar-refractivity contribution in [3.63, 3.8) is 0 Å². The van der Waals surface area contributed by atoms with Gasteiger partial charge in [0.15, 0.2) is 11.7 Å². The lowest BCUT2D eigenvalue weighted by molar-refractivity contribution is -0.123. The van der Waals surface area contributed by atoms with Crippen LogP contribution in [0.3, 0.4) is 0 Å². The second-order valence-electron chi connectivity index (χ2n) is 5.31. The first-order valence-corrected chi connectivity index (χ1v) is 9.45. The molecule has 0 saturated heterocycles. The van der Waals surface area contributed by atoms with Gasteiger partial charge in [0.05, 0.1) is 0 Å². The number of hydrazine groups is 1. The normalized spacial score (nSPS) is 10.1. The van der Waals surface area contributed by atoms with Crippen molar-refractivity contribution in [3.8, 4) is 5.75 Å². The molecule has 6 nitrogen and oxygen atoms in total. The number of aryl methyl sites for hydroxylation is 1. The van der Waals surface area contributed by atoms with E-state index in [4.69, 9.17) is 40.2 Å². The largest absolute Gasteiger partial charge is 0.484 e. The van der Waals surface area contributed by atoms with Crippen LogP contribution in [-0.2, 0) is 4.79 Å². The highest BCUT2D eigenvalue weighted by atomic mass is 79.9. The standard InChI is InChI=1S/C17H14BrCl2N3O3S/c1-9-4-13(2-3-14(9)18)26-8-15(24)22-23-17(27)21-16(25)10-5-11(19)7-12(20)6-10/h2-7H,8H2,1H3,(H,22,24)(H2,21,23,25,27).